The molecule has 5 nitrogen and oxygen atoms in total. The summed E-state index contributed by atoms with van der Waals surface area (Å²) in [5.74, 6) is -3.52. The van der Waals surface area contributed by atoms with Gasteiger partial charge < -0.3 is 9.47 Å². The molecule has 1 heterocycles. The van der Waals surface area contributed by atoms with Gasteiger partial charge in [-0.3, -0.25) is 9.59 Å². The van der Waals surface area contributed by atoms with Crippen LogP contribution in [0.5, 0.6) is 0 Å². The molecule has 3 atom stereocenters. The summed E-state index contributed by atoms with van der Waals surface area (Å²) in [6, 6.07) is 2.50. The van der Waals surface area contributed by atoms with Crippen molar-refractivity contribution in [3.63, 3.8) is 0 Å². The molecule has 1 unspecified atom stereocenters. The highest BCUT2D eigenvalue weighted by Gasteiger charge is 2.55. The Kier molecular flexibility index (Phi) is 7.06. The third-order valence-corrected chi connectivity index (χ3v) is 5.72. The second-order valence-corrected chi connectivity index (χ2v) is 8.57. The van der Waals surface area contributed by atoms with Crippen LogP contribution in [0.25, 0.3) is 0 Å². The average Bonchev–Trinajstić information content (AvgIpc) is 3.01. The Balaban J connectivity index is 1.79. The fraction of sp³-hybridized carbons (Fsp3) is 0.400. The highest BCUT2D eigenvalue weighted by molar-refractivity contribution is 6.00. The minimum absolute atomic E-state index is 0.0131. The highest BCUT2D eigenvalue weighted by Crippen LogP contribution is 2.45. The SMILES string of the molecule is CC(C)=CCC/C(C)=C/[C@H]1OC(=O)CC12C[C@H](OC(=O)c1cc(F)ccc1F)C=CC2=O. The van der Waals surface area contributed by atoms with Gasteiger partial charge in [0.1, 0.15) is 23.8 Å². The van der Waals surface area contributed by atoms with Crippen LogP contribution < -0.4 is 0 Å². The van der Waals surface area contributed by atoms with Gasteiger partial charge in [0.2, 0.25) is 0 Å². The highest BCUT2D eigenvalue weighted by atomic mass is 19.1. The van der Waals surface area contributed by atoms with E-state index in [2.05, 4.69) is 6.08 Å². The van der Waals surface area contributed by atoms with Crippen LogP contribution in [-0.4, -0.2) is 29.9 Å². The smallest absolute Gasteiger partial charge is 0.341 e. The molecule has 0 saturated carbocycles. The minimum Gasteiger partial charge on any atom is -0.457 e. The first-order valence-corrected chi connectivity index (χ1v) is 10.5. The van der Waals surface area contributed by atoms with Crippen LogP contribution in [0.3, 0.4) is 0 Å². The first-order chi connectivity index (χ1) is 15.1. The predicted octanol–water partition coefficient (Wildman–Crippen LogP) is 5.01. The summed E-state index contributed by atoms with van der Waals surface area (Å²) in [4.78, 5) is 37.4. The molecule has 1 saturated heterocycles. The molecule has 2 aliphatic rings. The largest absolute Gasteiger partial charge is 0.457 e. The van der Waals surface area contributed by atoms with E-state index >= 15 is 0 Å². The second kappa shape index (κ2) is 9.59. The number of hydrogen-bond acceptors (Lipinski definition) is 5. The van der Waals surface area contributed by atoms with Gasteiger partial charge in [0.15, 0.2) is 5.78 Å². The zero-order valence-corrected chi connectivity index (χ0v) is 18.3. The Hall–Kier alpha value is -3.09. The molecule has 1 fully saturated rings. The van der Waals surface area contributed by atoms with Gasteiger partial charge in [0.25, 0.3) is 0 Å². The van der Waals surface area contributed by atoms with E-state index in [1.165, 1.54) is 17.7 Å². The van der Waals surface area contributed by atoms with Crippen molar-refractivity contribution < 1.29 is 32.6 Å². The molecule has 1 aromatic rings. The molecule has 7 heteroatoms. The Morgan fingerprint density at radius 1 is 1.25 bits per heavy atom. The fourth-order valence-corrected chi connectivity index (χ4v) is 4.02. The minimum atomic E-state index is -1.20. The van der Waals surface area contributed by atoms with Crippen molar-refractivity contribution in [3.05, 3.63) is 70.8 Å². The number of ketones is 1. The van der Waals surface area contributed by atoms with Gasteiger partial charge in [-0.1, -0.05) is 17.2 Å². The average molecular weight is 444 g/mol. The number of ether oxygens (including phenoxy) is 2. The lowest BCUT2D eigenvalue weighted by molar-refractivity contribution is -0.140. The monoisotopic (exact) mass is 444 g/mol. The van der Waals surface area contributed by atoms with Crippen LogP contribution in [0.2, 0.25) is 0 Å². The Morgan fingerprint density at radius 2 is 2.00 bits per heavy atom. The fourth-order valence-electron chi connectivity index (χ4n) is 4.02. The Labute approximate surface area is 185 Å². The lowest BCUT2D eigenvalue weighted by atomic mass is 9.69. The number of benzene rings is 1. The third-order valence-electron chi connectivity index (χ3n) is 5.72. The first-order valence-electron chi connectivity index (χ1n) is 10.5. The summed E-state index contributed by atoms with van der Waals surface area (Å²) in [6.07, 6.45) is 6.32. The Morgan fingerprint density at radius 3 is 2.72 bits per heavy atom. The molecule has 170 valence electrons. The van der Waals surface area contributed by atoms with Crippen LogP contribution in [0.1, 0.15) is 56.8 Å². The lowest BCUT2D eigenvalue weighted by Gasteiger charge is -2.34. The molecule has 1 aliphatic carbocycles. The number of hydrogen-bond donors (Lipinski definition) is 0. The van der Waals surface area contributed by atoms with Crippen molar-refractivity contribution >= 4 is 17.7 Å². The van der Waals surface area contributed by atoms with Gasteiger partial charge in [-0.05, 0) is 70.0 Å². The summed E-state index contributed by atoms with van der Waals surface area (Å²) in [6.45, 7) is 5.93. The number of esters is 2. The normalized spacial score (nSPS) is 25.1. The van der Waals surface area contributed by atoms with Gasteiger partial charge in [0.05, 0.1) is 17.4 Å². The van der Waals surface area contributed by atoms with Crippen molar-refractivity contribution in [2.24, 2.45) is 5.41 Å². The van der Waals surface area contributed by atoms with Crippen LogP contribution in [-0.2, 0) is 19.1 Å². The van der Waals surface area contributed by atoms with Crippen molar-refractivity contribution in [2.45, 2.75) is 58.7 Å². The van der Waals surface area contributed by atoms with Crippen LogP contribution in [0.4, 0.5) is 8.78 Å². The maximum absolute atomic E-state index is 13.9. The van der Waals surface area contributed by atoms with Gasteiger partial charge in [-0.25, -0.2) is 13.6 Å². The quantitative estimate of drug-likeness (QED) is 0.456. The standard InChI is InChI=1S/C25H26F2O5/c1-15(2)5-4-6-16(3)11-22-25(14-23(29)32-22)13-18(8-10-21(25)28)31-24(30)19-12-17(26)7-9-20(19)27/h5,7-12,18,22H,4,6,13-14H2,1-3H3/b16-11+/t18-,22-,25?/m1/s1. The number of allylic oxidation sites excluding steroid dienone is 4. The van der Waals surface area contributed by atoms with E-state index in [1.807, 2.05) is 20.8 Å². The van der Waals surface area contributed by atoms with E-state index in [-0.39, 0.29) is 18.6 Å². The number of cyclic esters (lactones) is 1. The number of halogens is 2. The lowest BCUT2D eigenvalue weighted by Crippen LogP contribution is -2.43. The molecule has 0 radical (unpaired) electrons. The van der Waals surface area contributed by atoms with Gasteiger partial charge in [0, 0.05) is 6.42 Å². The molecule has 3 rings (SSSR count). The molecule has 32 heavy (non-hydrogen) atoms. The summed E-state index contributed by atoms with van der Waals surface area (Å²) in [5, 5.41) is 0. The van der Waals surface area contributed by atoms with Crippen LogP contribution in [0.15, 0.2) is 53.6 Å². The molecule has 1 aliphatic heterocycles. The number of rotatable bonds is 6. The van der Waals surface area contributed by atoms with E-state index in [0.717, 1.165) is 36.6 Å². The van der Waals surface area contributed by atoms with E-state index < -0.39 is 46.8 Å². The molecule has 1 aromatic carbocycles. The van der Waals surface area contributed by atoms with E-state index in [9.17, 15) is 23.2 Å². The summed E-state index contributed by atoms with van der Waals surface area (Å²) < 4.78 is 38.2. The zero-order valence-electron chi connectivity index (χ0n) is 18.3. The molecule has 0 aromatic heterocycles. The molecule has 0 N–H and O–H groups in total. The molecule has 0 bridgehead atoms. The zero-order chi connectivity index (χ0) is 23.5. The topological polar surface area (TPSA) is 69.7 Å². The van der Waals surface area contributed by atoms with E-state index in [0.29, 0.717) is 0 Å². The van der Waals surface area contributed by atoms with Crippen molar-refractivity contribution in [1.82, 2.24) is 0 Å². The summed E-state index contributed by atoms with van der Waals surface area (Å²) >= 11 is 0. The third kappa shape index (κ3) is 5.21. The van der Waals surface area contributed by atoms with Crippen molar-refractivity contribution in [3.8, 4) is 0 Å². The molecular weight excluding hydrogens is 418 g/mol. The molecular formula is C25H26F2O5. The summed E-state index contributed by atoms with van der Waals surface area (Å²) in [5.41, 5.74) is 0.442. The maximum Gasteiger partial charge on any atom is 0.341 e. The number of carbonyl (C=O) groups is 3. The van der Waals surface area contributed by atoms with Gasteiger partial charge in [-0.15, -0.1) is 0 Å². The van der Waals surface area contributed by atoms with Crippen LogP contribution in [0, 0.1) is 17.0 Å². The van der Waals surface area contributed by atoms with Gasteiger partial charge >= 0.3 is 11.9 Å². The first kappa shape index (κ1) is 23.6. The Bertz CT molecular complexity index is 1020. The van der Waals surface area contributed by atoms with E-state index in [1.54, 1.807) is 6.08 Å². The van der Waals surface area contributed by atoms with E-state index in [4.69, 9.17) is 9.47 Å². The predicted molar refractivity (Wildman–Crippen MR) is 114 cm³/mol. The molecule has 0 amide bonds. The number of carbonyl (C=O) groups excluding carboxylic acids is 3. The maximum atomic E-state index is 13.9. The van der Waals surface area contributed by atoms with Crippen molar-refractivity contribution in [2.75, 3.05) is 0 Å². The van der Waals surface area contributed by atoms with Crippen LogP contribution >= 0.6 is 0 Å². The molecule has 1 spiro atoms. The van der Waals surface area contributed by atoms with Crippen molar-refractivity contribution in [1.29, 1.82) is 0 Å². The van der Waals surface area contributed by atoms with Gasteiger partial charge in [-0.2, -0.15) is 0 Å². The second-order valence-electron chi connectivity index (χ2n) is 8.57. The summed E-state index contributed by atoms with van der Waals surface area (Å²) in [7, 11) is 0.